The number of rotatable bonds is 0. The average Bonchev–Trinajstić information content (AvgIpc) is 2.29. The maximum Gasteiger partial charge on any atom is 0.190 e. The van der Waals surface area contributed by atoms with E-state index >= 15 is 0 Å². The highest BCUT2D eigenvalue weighted by atomic mass is 19.1. The molecule has 0 radical (unpaired) electrons. The lowest BCUT2D eigenvalue weighted by molar-refractivity contribution is 0.624. The summed E-state index contributed by atoms with van der Waals surface area (Å²) in [5, 5.41) is 3.85. The van der Waals surface area contributed by atoms with E-state index in [4.69, 9.17) is 5.73 Å². The molecule has 62 valence electrons. The predicted octanol–water partition coefficient (Wildman–Crippen LogP) is 0.759. The number of nitrogen functional groups attached to an aromatic ring is 1. The van der Waals surface area contributed by atoms with Gasteiger partial charge in [-0.05, 0) is 6.92 Å². The Kier molecular flexibility index (Phi) is 1.27. The van der Waals surface area contributed by atoms with E-state index < -0.39 is 5.82 Å². The summed E-state index contributed by atoms with van der Waals surface area (Å²) in [5.41, 5.74) is 6.26. The molecule has 2 rings (SSSR count). The lowest BCUT2D eigenvalue weighted by Crippen LogP contribution is -1.99. The summed E-state index contributed by atoms with van der Waals surface area (Å²) in [6.07, 6.45) is 1.62. The van der Waals surface area contributed by atoms with Crippen LogP contribution in [-0.2, 0) is 0 Å². The van der Waals surface area contributed by atoms with E-state index in [1.807, 2.05) is 0 Å². The number of nitrogens with zero attached hydrogens (tertiary/aromatic N) is 3. The monoisotopic (exact) mass is 166 g/mol. The molecule has 0 aliphatic rings. The summed E-state index contributed by atoms with van der Waals surface area (Å²) in [7, 11) is 0. The second-order valence-electron chi connectivity index (χ2n) is 2.57. The molecule has 0 aliphatic carbocycles. The van der Waals surface area contributed by atoms with E-state index in [9.17, 15) is 4.39 Å². The molecule has 0 fully saturated rings. The van der Waals surface area contributed by atoms with Gasteiger partial charge in [0.1, 0.15) is 5.82 Å². The summed E-state index contributed by atoms with van der Waals surface area (Å²) < 4.78 is 14.4. The van der Waals surface area contributed by atoms with Crippen LogP contribution in [0, 0.1) is 12.7 Å². The summed E-state index contributed by atoms with van der Waals surface area (Å²) in [6, 6.07) is 1.15. The molecule has 0 saturated carbocycles. The summed E-state index contributed by atoms with van der Waals surface area (Å²) >= 11 is 0. The van der Waals surface area contributed by atoms with Crippen molar-refractivity contribution in [1.82, 2.24) is 14.6 Å². The Hall–Kier alpha value is -1.65. The highest BCUT2D eigenvalue weighted by Crippen LogP contribution is 2.09. The molecule has 0 unspecified atom stereocenters. The van der Waals surface area contributed by atoms with Gasteiger partial charge in [-0.3, -0.25) is 0 Å². The van der Waals surface area contributed by atoms with Crippen LogP contribution in [0.25, 0.3) is 5.65 Å². The van der Waals surface area contributed by atoms with Crippen LogP contribution in [-0.4, -0.2) is 14.6 Å². The van der Waals surface area contributed by atoms with Gasteiger partial charge in [0, 0.05) is 6.07 Å². The first-order chi connectivity index (χ1) is 5.66. The van der Waals surface area contributed by atoms with Crippen molar-refractivity contribution < 1.29 is 4.39 Å². The van der Waals surface area contributed by atoms with Crippen LogP contribution in [0.5, 0.6) is 0 Å². The van der Waals surface area contributed by atoms with Gasteiger partial charge in [-0.15, -0.1) is 5.10 Å². The van der Waals surface area contributed by atoms with Gasteiger partial charge in [0.15, 0.2) is 11.5 Å². The van der Waals surface area contributed by atoms with Gasteiger partial charge >= 0.3 is 0 Å². The summed E-state index contributed by atoms with van der Waals surface area (Å²) in [4.78, 5) is 3.92. The van der Waals surface area contributed by atoms with Crippen LogP contribution in [0.15, 0.2) is 12.3 Å². The first-order valence-corrected chi connectivity index (χ1v) is 3.45. The van der Waals surface area contributed by atoms with Gasteiger partial charge < -0.3 is 5.73 Å². The molecule has 0 saturated heterocycles. The lowest BCUT2D eigenvalue weighted by atomic mass is 10.5. The van der Waals surface area contributed by atoms with Crippen LogP contribution in [0.2, 0.25) is 0 Å². The van der Waals surface area contributed by atoms with Crippen molar-refractivity contribution in [3.63, 3.8) is 0 Å². The number of hydrogen-bond donors (Lipinski definition) is 1. The molecule has 2 aromatic rings. The topological polar surface area (TPSA) is 56.2 Å². The van der Waals surface area contributed by atoms with Crippen molar-refractivity contribution in [3.05, 3.63) is 23.8 Å². The SMILES string of the molecule is Cc1cn2nc(N)cc(F)c2n1. The maximum absolute atomic E-state index is 13.1. The van der Waals surface area contributed by atoms with Crippen LogP contribution < -0.4 is 5.73 Å². The first-order valence-electron chi connectivity index (χ1n) is 3.45. The molecule has 4 nitrogen and oxygen atoms in total. The number of imidazole rings is 1. The van der Waals surface area contributed by atoms with Crippen LogP contribution in [0.1, 0.15) is 5.69 Å². The minimum absolute atomic E-state index is 0.150. The molecule has 0 atom stereocenters. The Bertz CT molecular complexity index is 434. The van der Waals surface area contributed by atoms with Gasteiger partial charge in [-0.2, -0.15) is 0 Å². The van der Waals surface area contributed by atoms with Gasteiger partial charge in [0.05, 0.1) is 11.9 Å². The third-order valence-corrected chi connectivity index (χ3v) is 1.52. The third kappa shape index (κ3) is 0.903. The second kappa shape index (κ2) is 2.17. The first kappa shape index (κ1) is 7.02. The maximum atomic E-state index is 13.1. The Morgan fingerprint density at radius 3 is 3.08 bits per heavy atom. The molecular weight excluding hydrogens is 159 g/mol. The fourth-order valence-electron chi connectivity index (χ4n) is 1.07. The number of nitrogens with two attached hydrogens (primary N) is 1. The standard InChI is InChI=1S/C7H7FN4/c1-4-3-12-7(10-4)5(8)2-6(9)11-12/h2-3H,1H3,(H2,9,11). The fraction of sp³-hybridized carbons (Fsp3) is 0.143. The average molecular weight is 166 g/mol. The number of aromatic nitrogens is 3. The molecule has 12 heavy (non-hydrogen) atoms. The molecule has 2 aromatic heterocycles. The lowest BCUT2D eigenvalue weighted by Gasteiger charge is -1.94. The summed E-state index contributed by atoms with van der Waals surface area (Å²) in [6.45, 7) is 1.77. The van der Waals surface area contributed by atoms with Gasteiger partial charge in [0.2, 0.25) is 0 Å². The molecule has 0 spiro atoms. The summed E-state index contributed by atoms with van der Waals surface area (Å²) in [5.74, 6) is -0.298. The molecule has 0 aliphatic heterocycles. The number of hydrogen-bond acceptors (Lipinski definition) is 3. The molecule has 0 bridgehead atoms. The van der Waals surface area contributed by atoms with Crippen molar-refractivity contribution in [2.75, 3.05) is 5.73 Å². The molecule has 2 heterocycles. The minimum atomic E-state index is -0.449. The van der Waals surface area contributed by atoms with Crippen molar-refractivity contribution >= 4 is 11.5 Å². The fourth-order valence-corrected chi connectivity index (χ4v) is 1.07. The van der Waals surface area contributed by atoms with Crippen molar-refractivity contribution in [1.29, 1.82) is 0 Å². The zero-order chi connectivity index (χ0) is 8.72. The molecule has 5 heteroatoms. The zero-order valence-electron chi connectivity index (χ0n) is 6.45. The van der Waals surface area contributed by atoms with E-state index in [0.29, 0.717) is 5.69 Å². The van der Waals surface area contributed by atoms with E-state index in [2.05, 4.69) is 10.1 Å². The largest absolute Gasteiger partial charge is 0.382 e. The Morgan fingerprint density at radius 1 is 1.58 bits per heavy atom. The van der Waals surface area contributed by atoms with Crippen LogP contribution in [0.3, 0.4) is 0 Å². The number of aryl methyl sites for hydroxylation is 1. The van der Waals surface area contributed by atoms with Crippen molar-refractivity contribution in [2.45, 2.75) is 6.92 Å². The third-order valence-electron chi connectivity index (χ3n) is 1.52. The van der Waals surface area contributed by atoms with E-state index in [1.54, 1.807) is 13.1 Å². The molecule has 2 N–H and O–H groups in total. The van der Waals surface area contributed by atoms with E-state index in [-0.39, 0.29) is 11.5 Å². The number of fused-ring (bicyclic) bond motifs is 1. The quantitative estimate of drug-likeness (QED) is 0.628. The molecule has 0 amide bonds. The predicted molar refractivity (Wildman–Crippen MR) is 42.1 cm³/mol. The normalized spacial score (nSPS) is 10.8. The van der Waals surface area contributed by atoms with Crippen molar-refractivity contribution in [3.8, 4) is 0 Å². The smallest absolute Gasteiger partial charge is 0.190 e. The van der Waals surface area contributed by atoms with Gasteiger partial charge in [-0.25, -0.2) is 13.9 Å². The van der Waals surface area contributed by atoms with E-state index in [0.717, 1.165) is 6.07 Å². The zero-order valence-corrected chi connectivity index (χ0v) is 6.45. The minimum Gasteiger partial charge on any atom is -0.382 e. The van der Waals surface area contributed by atoms with Crippen LogP contribution >= 0.6 is 0 Å². The Morgan fingerprint density at radius 2 is 2.33 bits per heavy atom. The van der Waals surface area contributed by atoms with Crippen LogP contribution in [0.4, 0.5) is 10.2 Å². The van der Waals surface area contributed by atoms with E-state index in [1.165, 1.54) is 4.52 Å². The highest BCUT2D eigenvalue weighted by Gasteiger charge is 2.05. The molecule has 0 aromatic carbocycles. The van der Waals surface area contributed by atoms with Gasteiger partial charge in [0.25, 0.3) is 0 Å². The van der Waals surface area contributed by atoms with Gasteiger partial charge in [-0.1, -0.05) is 0 Å². The Balaban J connectivity index is 2.88. The second-order valence-corrected chi connectivity index (χ2v) is 2.57. The molecular formula is C7H7FN4. The van der Waals surface area contributed by atoms with Crippen molar-refractivity contribution in [2.24, 2.45) is 0 Å². The Labute approximate surface area is 67.8 Å². The number of anilines is 1. The highest BCUT2D eigenvalue weighted by molar-refractivity contribution is 5.44. The number of halogens is 1.